The van der Waals surface area contributed by atoms with E-state index in [0.29, 0.717) is 0 Å². The predicted octanol–water partition coefficient (Wildman–Crippen LogP) is 10.6. The Labute approximate surface area is 228 Å². The third kappa shape index (κ3) is 3.46. The molecule has 182 valence electrons. The van der Waals surface area contributed by atoms with Crippen molar-refractivity contribution in [2.45, 2.75) is 6.42 Å². The van der Waals surface area contributed by atoms with Crippen LogP contribution in [0.3, 0.4) is 0 Å². The largest absolute Gasteiger partial charge is 0.0622 e. The average molecular weight is 495 g/mol. The van der Waals surface area contributed by atoms with Gasteiger partial charge in [0, 0.05) is 0 Å². The molecule has 0 heterocycles. The van der Waals surface area contributed by atoms with E-state index in [0.717, 1.165) is 6.42 Å². The Balaban J connectivity index is 1.42. The Morgan fingerprint density at radius 3 is 1.51 bits per heavy atom. The van der Waals surface area contributed by atoms with Crippen molar-refractivity contribution in [2.24, 2.45) is 0 Å². The van der Waals surface area contributed by atoms with E-state index in [1.54, 1.807) is 0 Å². The maximum absolute atomic E-state index is 2.39. The molecular formula is C39H26. The lowest BCUT2D eigenvalue weighted by molar-refractivity contribution is 1.26. The summed E-state index contributed by atoms with van der Waals surface area (Å²) in [6.45, 7) is 0. The van der Waals surface area contributed by atoms with E-state index in [4.69, 9.17) is 0 Å². The molecule has 0 spiro atoms. The van der Waals surface area contributed by atoms with E-state index >= 15 is 0 Å². The number of hydrogen-bond acceptors (Lipinski definition) is 0. The van der Waals surface area contributed by atoms with Gasteiger partial charge in [-0.3, -0.25) is 0 Å². The SMILES string of the molecule is c1ccc(-c2ccc3c(c2)Cc2cccc(-c4c5ccccc5c(-c5ccccc5)c5ccccc45)c2-3)cc1. The van der Waals surface area contributed by atoms with Gasteiger partial charge in [-0.25, -0.2) is 0 Å². The van der Waals surface area contributed by atoms with Crippen molar-refractivity contribution in [3.05, 3.63) is 157 Å². The van der Waals surface area contributed by atoms with Crippen molar-refractivity contribution in [1.82, 2.24) is 0 Å². The Bertz CT molecular complexity index is 1960. The third-order valence-corrected chi connectivity index (χ3v) is 8.28. The monoisotopic (exact) mass is 494 g/mol. The molecule has 0 bridgehead atoms. The van der Waals surface area contributed by atoms with Crippen molar-refractivity contribution in [1.29, 1.82) is 0 Å². The molecule has 0 N–H and O–H groups in total. The standard InChI is InChI=1S/C39H26/c1-3-12-26(13-4-1)28-22-23-31-30(24-28)25-29-16-11-21-36(38(29)31)39-34-19-9-7-17-32(34)37(27-14-5-2-6-15-27)33-18-8-10-20-35(33)39/h1-24H,25H2. The smallest absolute Gasteiger partial charge is 0.00130 e. The number of fused-ring (bicyclic) bond motifs is 5. The summed E-state index contributed by atoms with van der Waals surface area (Å²) in [5.41, 5.74) is 13.3. The number of benzene rings is 7. The van der Waals surface area contributed by atoms with Crippen LogP contribution in [-0.2, 0) is 6.42 Å². The third-order valence-electron chi connectivity index (χ3n) is 8.28. The normalized spacial score (nSPS) is 12.0. The van der Waals surface area contributed by atoms with E-state index in [1.807, 2.05) is 0 Å². The summed E-state index contributed by atoms with van der Waals surface area (Å²) in [7, 11) is 0. The molecule has 39 heavy (non-hydrogen) atoms. The Hall–Kier alpha value is -4.94. The first-order valence-corrected chi connectivity index (χ1v) is 13.7. The van der Waals surface area contributed by atoms with Gasteiger partial charge in [0.15, 0.2) is 0 Å². The zero-order valence-corrected chi connectivity index (χ0v) is 21.6. The van der Waals surface area contributed by atoms with E-state index in [9.17, 15) is 0 Å². The number of rotatable bonds is 3. The van der Waals surface area contributed by atoms with Crippen molar-refractivity contribution in [3.63, 3.8) is 0 Å². The quantitative estimate of drug-likeness (QED) is 0.214. The van der Waals surface area contributed by atoms with Crippen LogP contribution in [0.4, 0.5) is 0 Å². The Morgan fingerprint density at radius 1 is 0.308 bits per heavy atom. The summed E-state index contributed by atoms with van der Waals surface area (Å²) < 4.78 is 0. The molecule has 8 rings (SSSR count). The molecule has 7 aromatic carbocycles. The molecule has 0 heteroatoms. The van der Waals surface area contributed by atoms with E-state index < -0.39 is 0 Å². The maximum atomic E-state index is 2.39. The van der Waals surface area contributed by atoms with Gasteiger partial charge in [0.25, 0.3) is 0 Å². The fraction of sp³-hybridized carbons (Fsp3) is 0.0256. The van der Waals surface area contributed by atoms with Gasteiger partial charge in [-0.15, -0.1) is 0 Å². The molecule has 0 nitrogen and oxygen atoms in total. The van der Waals surface area contributed by atoms with Crippen LogP contribution in [0.5, 0.6) is 0 Å². The van der Waals surface area contributed by atoms with Crippen LogP contribution in [0, 0.1) is 0 Å². The Morgan fingerprint density at radius 2 is 0.872 bits per heavy atom. The van der Waals surface area contributed by atoms with Crippen LogP contribution in [0.15, 0.2) is 146 Å². The van der Waals surface area contributed by atoms with Crippen molar-refractivity contribution in [2.75, 3.05) is 0 Å². The highest BCUT2D eigenvalue weighted by atomic mass is 14.3. The zero-order chi connectivity index (χ0) is 25.8. The maximum Gasteiger partial charge on any atom is -0.00130 e. The van der Waals surface area contributed by atoms with Crippen molar-refractivity contribution < 1.29 is 0 Å². The highest BCUT2D eigenvalue weighted by Gasteiger charge is 2.25. The van der Waals surface area contributed by atoms with Crippen LogP contribution in [0.2, 0.25) is 0 Å². The Kier molecular flexibility index (Phi) is 5.00. The molecule has 0 aromatic heterocycles. The first kappa shape index (κ1) is 22.1. The van der Waals surface area contributed by atoms with Gasteiger partial charge in [0.1, 0.15) is 0 Å². The molecule has 0 amide bonds. The minimum absolute atomic E-state index is 0.969. The average Bonchev–Trinajstić information content (AvgIpc) is 3.39. The lowest BCUT2D eigenvalue weighted by Crippen LogP contribution is -1.93. The molecule has 1 aliphatic carbocycles. The number of hydrogen-bond donors (Lipinski definition) is 0. The summed E-state index contributed by atoms with van der Waals surface area (Å²) in [5, 5.41) is 5.20. The first-order valence-electron chi connectivity index (χ1n) is 13.7. The van der Waals surface area contributed by atoms with Crippen LogP contribution in [0.1, 0.15) is 11.1 Å². The molecule has 0 radical (unpaired) electrons. The van der Waals surface area contributed by atoms with Gasteiger partial charge in [-0.1, -0.05) is 146 Å². The lowest BCUT2D eigenvalue weighted by atomic mass is 9.83. The molecular weight excluding hydrogens is 468 g/mol. The summed E-state index contributed by atoms with van der Waals surface area (Å²) in [6.07, 6.45) is 0.969. The predicted molar refractivity (Wildman–Crippen MR) is 166 cm³/mol. The van der Waals surface area contributed by atoms with Gasteiger partial charge < -0.3 is 0 Å². The zero-order valence-electron chi connectivity index (χ0n) is 21.6. The van der Waals surface area contributed by atoms with Gasteiger partial charge in [-0.05, 0) is 83.6 Å². The molecule has 0 aliphatic heterocycles. The van der Waals surface area contributed by atoms with Gasteiger partial charge in [0.2, 0.25) is 0 Å². The lowest BCUT2D eigenvalue weighted by Gasteiger charge is -2.19. The summed E-state index contributed by atoms with van der Waals surface area (Å²) in [4.78, 5) is 0. The molecule has 1 aliphatic rings. The second-order valence-electron chi connectivity index (χ2n) is 10.5. The molecule has 7 aromatic rings. The van der Waals surface area contributed by atoms with Gasteiger partial charge >= 0.3 is 0 Å². The van der Waals surface area contributed by atoms with Crippen LogP contribution >= 0.6 is 0 Å². The molecule has 0 atom stereocenters. The molecule has 0 unspecified atom stereocenters. The van der Waals surface area contributed by atoms with E-state index in [2.05, 4.69) is 146 Å². The fourth-order valence-electron chi connectivity index (χ4n) is 6.61. The minimum Gasteiger partial charge on any atom is -0.0622 e. The van der Waals surface area contributed by atoms with Crippen LogP contribution in [-0.4, -0.2) is 0 Å². The summed E-state index contributed by atoms with van der Waals surface area (Å²) in [6, 6.07) is 53.3. The van der Waals surface area contributed by atoms with Crippen molar-refractivity contribution in [3.8, 4) is 44.5 Å². The molecule has 0 saturated carbocycles. The second kappa shape index (κ2) is 8.82. The highest BCUT2D eigenvalue weighted by molar-refractivity contribution is 6.22. The van der Waals surface area contributed by atoms with Crippen LogP contribution in [0.25, 0.3) is 66.1 Å². The minimum atomic E-state index is 0.969. The first-order chi connectivity index (χ1) is 19.4. The molecule has 0 fully saturated rings. The summed E-state index contributed by atoms with van der Waals surface area (Å²) in [5.74, 6) is 0. The van der Waals surface area contributed by atoms with Gasteiger partial charge in [-0.2, -0.15) is 0 Å². The molecule has 0 saturated heterocycles. The summed E-state index contributed by atoms with van der Waals surface area (Å²) >= 11 is 0. The van der Waals surface area contributed by atoms with E-state index in [-0.39, 0.29) is 0 Å². The van der Waals surface area contributed by atoms with E-state index in [1.165, 1.54) is 77.2 Å². The van der Waals surface area contributed by atoms with Crippen molar-refractivity contribution >= 4 is 21.5 Å². The van der Waals surface area contributed by atoms with Crippen LogP contribution < -0.4 is 0 Å². The van der Waals surface area contributed by atoms with Gasteiger partial charge in [0.05, 0.1) is 0 Å². The fourth-order valence-corrected chi connectivity index (χ4v) is 6.61. The highest BCUT2D eigenvalue weighted by Crippen LogP contribution is 2.49. The topological polar surface area (TPSA) is 0 Å². The second-order valence-corrected chi connectivity index (χ2v) is 10.5.